The fraction of sp³-hybridized carbons (Fsp3) is 0.636. The lowest BCUT2D eigenvalue weighted by Crippen LogP contribution is -2.52. The zero-order valence-corrected chi connectivity index (χ0v) is 25.4. The van der Waals surface area contributed by atoms with Crippen LogP contribution in [0.3, 0.4) is 0 Å². The molecule has 3 heterocycles. The van der Waals surface area contributed by atoms with Gasteiger partial charge in [0, 0.05) is 44.3 Å². The SMILES string of the molecule is Cc1nn(C)c(N2CCCOCC2)c1CC1C(=O)CC(CCc2ccc(C(C)(C)C#N)c(F)c2)(C2CCCC2)OC1=O. The predicted molar refractivity (Wildman–Crippen MR) is 157 cm³/mol. The first kappa shape index (κ1) is 30.2. The monoisotopic (exact) mass is 578 g/mol. The van der Waals surface area contributed by atoms with E-state index in [1.807, 2.05) is 24.7 Å². The van der Waals surface area contributed by atoms with E-state index in [2.05, 4.69) is 16.1 Å². The van der Waals surface area contributed by atoms with Crippen molar-refractivity contribution in [1.82, 2.24) is 9.78 Å². The molecule has 1 saturated carbocycles. The number of hydrogen-bond acceptors (Lipinski definition) is 7. The number of hydrogen-bond donors (Lipinski definition) is 0. The van der Waals surface area contributed by atoms with E-state index in [1.165, 1.54) is 6.07 Å². The summed E-state index contributed by atoms with van der Waals surface area (Å²) >= 11 is 0. The Morgan fingerprint density at radius 3 is 2.62 bits per heavy atom. The molecule has 0 N–H and O–H groups in total. The zero-order valence-electron chi connectivity index (χ0n) is 25.4. The van der Waals surface area contributed by atoms with Gasteiger partial charge in [-0.15, -0.1) is 0 Å². The van der Waals surface area contributed by atoms with Gasteiger partial charge in [-0.1, -0.05) is 25.0 Å². The summed E-state index contributed by atoms with van der Waals surface area (Å²) in [4.78, 5) is 29.8. The van der Waals surface area contributed by atoms with Gasteiger partial charge in [0.1, 0.15) is 23.2 Å². The molecule has 2 saturated heterocycles. The maximum absolute atomic E-state index is 15.0. The third-order valence-corrected chi connectivity index (χ3v) is 9.62. The Kier molecular flexibility index (Phi) is 8.75. The van der Waals surface area contributed by atoms with Crippen molar-refractivity contribution in [3.63, 3.8) is 0 Å². The lowest BCUT2D eigenvalue weighted by molar-refractivity contribution is -0.185. The number of halogens is 1. The lowest BCUT2D eigenvalue weighted by Gasteiger charge is -2.43. The minimum Gasteiger partial charge on any atom is -0.458 e. The van der Waals surface area contributed by atoms with Crippen molar-refractivity contribution in [1.29, 1.82) is 5.26 Å². The van der Waals surface area contributed by atoms with E-state index in [0.717, 1.165) is 67.8 Å². The molecule has 3 aliphatic rings. The highest BCUT2D eigenvalue weighted by atomic mass is 19.1. The maximum atomic E-state index is 15.0. The Morgan fingerprint density at radius 1 is 1.17 bits per heavy atom. The van der Waals surface area contributed by atoms with Crippen LogP contribution in [0.4, 0.5) is 10.2 Å². The number of esters is 1. The average molecular weight is 579 g/mol. The van der Waals surface area contributed by atoms with Crippen LogP contribution < -0.4 is 4.90 Å². The number of ether oxygens (including phenoxy) is 2. The first-order valence-electron chi connectivity index (χ1n) is 15.4. The zero-order chi connectivity index (χ0) is 30.1. The second kappa shape index (κ2) is 12.2. The Labute approximate surface area is 248 Å². The molecule has 5 rings (SSSR count). The van der Waals surface area contributed by atoms with Crippen LogP contribution in [0.2, 0.25) is 0 Å². The number of cyclic esters (lactones) is 1. The normalized spacial score (nSPS) is 24.0. The van der Waals surface area contributed by atoms with Crippen molar-refractivity contribution in [2.75, 3.05) is 31.2 Å². The maximum Gasteiger partial charge on any atom is 0.317 e. The van der Waals surface area contributed by atoms with Gasteiger partial charge in [-0.05, 0) is 76.8 Å². The Balaban J connectivity index is 1.36. The van der Waals surface area contributed by atoms with E-state index in [9.17, 15) is 19.2 Å². The van der Waals surface area contributed by atoms with E-state index in [4.69, 9.17) is 9.47 Å². The number of aromatic nitrogens is 2. The van der Waals surface area contributed by atoms with Crippen LogP contribution in [0.25, 0.3) is 0 Å². The van der Waals surface area contributed by atoms with E-state index in [-0.39, 0.29) is 24.5 Å². The van der Waals surface area contributed by atoms with Crippen LogP contribution in [-0.2, 0) is 44.4 Å². The quantitative estimate of drug-likeness (QED) is 0.316. The smallest absolute Gasteiger partial charge is 0.317 e. The molecule has 2 aromatic rings. The van der Waals surface area contributed by atoms with Gasteiger partial charge in [0.15, 0.2) is 5.78 Å². The number of carbonyl (C=O) groups is 2. The highest BCUT2D eigenvalue weighted by Crippen LogP contribution is 2.45. The highest BCUT2D eigenvalue weighted by molar-refractivity contribution is 6.02. The Hall–Kier alpha value is -3.25. The summed E-state index contributed by atoms with van der Waals surface area (Å²) in [7, 11) is 1.90. The molecule has 2 aliphatic heterocycles. The van der Waals surface area contributed by atoms with E-state index in [0.29, 0.717) is 31.6 Å². The van der Waals surface area contributed by atoms with Gasteiger partial charge in [-0.25, -0.2) is 4.39 Å². The van der Waals surface area contributed by atoms with E-state index in [1.54, 1.807) is 19.9 Å². The molecule has 8 nitrogen and oxygen atoms in total. The highest BCUT2D eigenvalue weighted by Gasteiger charge is 2.51. The topological polar surface area (TPSA) is 97.5 Å². The molecule has 226 valence electrons. The van der Waals surface area contributed by atoms with Crippen molar-refractivity contribution < 1.29 is 23.5 Å². The third kappa shape index (κ3) is 5.96. The molecule has 9 heteroatoms. The average Bonchev–Trinajstić information content (AvgIpc) is 3.49. The number of nitriles is 1. The fourth-order valence-electron chi connectivity index (χ4n) is 7.20. The Bertz CT molecular complexity index is 1340. The number of aryl methyl sites for hydroxylation is 3. The van der Waals surface area contributed by atoms with Crippen molar-refractivity contribution in [2.45, 2.75) is 89.6 Å². The molecule has 3 fully saturated rings. The Morgan fingerprint density at radius 2 is 1.93 bits per heavy atom. The minimum atomic E-state index is -0.929. The fourth-order valence-corrected chi connectivity index (χ4v) is 7.20. The number of carbonyl (C=O) groups excluding carboxylic acids is 2. The molecular weight excluding hydrogens is 535 g/mol. The number of nitrogens with zero attached hydrogens (tertiary/aromatic N) is 4. The van der Waals surface area contributed by atoms with Gasteiger partial charge in [0.05, 0.1) is 23.8 Å². The first-order chi connectivity index (χ1) is 20.0. The number of anilines is 1. The summed E-state index contributed by atoms with van der Waals surface area (Å²) in [6.07, 6.45) is 6.23. The van der Waals surface area contributed by atoms with E-state index >= 15 is 0 Å². The van der Waals surface area contributed by atoms with Gasteiger partial charge >= 0.3 is 5.97 Å². The van der Waals surface area contributed by atoms with Gasteiger partial charge in [-0.2, -0.15) is 10.4 Å². The number of Topliss-reactive ketones (excluding diaryl/α,β-unsaturated/α-hetero) is 1. The summed E-state index contributed by atoms with van der Waals surface area (Å²) in [5.74, 6) is -0.761. The van der Waals surface area contributed by atoms with Crippen LogP contribution in [0.5, 0.6) is 0 Å². The van der Waals surface area contributed by atoms with Crippen molar-refractivity contribution in [3.8, 4) is 6.07 Å². The second-order valence-electron chi connectivity index (χ2n) is 12.9. The first-order valence-corrected chi connectivity index (χ1v) is 15.4. The molecule has 2 unspecified atom stereocenters. The van der Waals surface area contributed by atoms with Gasteiger partial charge in [-0.3, -0.25) is 14.3 Å². The van der Waals surface area contributed by atoms with Crippen LogP contribution in [0.1, 0.15) is 81.2 Å². The summed E-state index contributed by atoms with van der Waals surface area (Å²) in [5.41, 5.74) is 1.05. The van der Waals surface area contributed by atoms with Crippen LogP contribution in [-0.4, -0.2) is 53.4 Å². The van der Waals surface area contributed by atoms with E-state index < -0.39 is 28.7 Å². The molecule has 0 amide bonds. The molecule has 1 aromatic carbocycles. The van der Waals surface area contributed by atoms with Crippen LogP contribution in [0, 0.1) is 35.9 Å². The molecular formula is C33H43FN4O4. The molecule has 1 aliphatic carbocycles. The van der Waals surface area contributed by atoms with Crippen molar-refractivity contribution >= 4 is 17.6 Å². The van der Waals surface area contributed by atoms with Crippen molar-refractivity contribution in [2.24, 2.45) is 18.9 Å². The summed E-state index contributed by atoms with van der Waals surface area (Å²) in [5, 5.41) is 14.1. The minimum absolute atomic E-state index is 0.0798. The second-order valence-corrected chi connectivity index (χ2v) is 12.9. The summed E-state index contributed by atoms with van der Waals surface area (Å²) in [6.45, 7) is 8.22. The number of benzene rings is 1. The number of rotatable bonds is 8. The molecule has 0 bridgehead atoms. The van der Waals surface area contributed by atoms with Gasteiger partial charge < -0.3 is 14.4 Å². The number of ketones is 1. The standard InChI is InChI=1S/C33H43FN4O4/c1-22-25(30(37(4)36-22)38-14-7-16-41-17-15-38)19-26-29(39)20-33(42-31(26)40,24-8-5-6-9-24)13-12-23-10-11-27(28(34)18-23)32(2,3)21-35/h10-11,18,24,26H,5-9,12-17,19-20H2,1-4H3. The third-order valence-electron chi connectivity index (χ3n) is 9.62. The predicted octanol–water partition coefficient (Wildman–Crippen LogP) is 5.13. The van der Waals surface area contributed by atoms with Crippen molar-refractivity contribution in [3.05, 3.63) is 46.4 Å². The summed E-state index contributed by atoms with van der Waals surface area (Å²) < 4.78 is 28.8. The van der Waals surface area contributed by atoms with Gasteiger partial charge in [0.2, 0.25) is 0 Å². The lowest BCUT2D eigenvalue weighted by atomic mass is 9.73. The van der Waals surface area contributed by atoms with Crippen LogP contribution >= 0.6 is 0 Å². The molecule has 42 heavy (non-hydrogen) atoms. The van der Waals surface area contributed by atoms with Gasteiger partial charge in [0.25, 0.3) is 0 Å². The molecule has 0 spiro atoms. The summed E-state index contributed by atoms with van der Waals surface area (Å²) in [6, 6.07) is 7.15. The molecule has 1 aromatic heterocycles. The van der Waals surface area contributed by atoms with Crippen LogP contribution in [0.15, 0.2) is 18.2 Å². The molecule has 0 radical (unpaired) electrons. The largest absolute Gasteiger partial charge is 0.458 e. The molecule has 2 atom stereocenters.